The van der Waals surface area contributed by atoms with Gasteiger partial charge in [-0.05, 0) is 17.2 Å². The third-order valence-electron chi connectivity index (χ3n) is 5.81. The van der Waals surface area contributed by atoms with Crippen LogP contribution in [0.25, 0.3) is 11.2 Å². The van der Waals surface area contributed by atoms with E-state index in [9.17, 15) is 24.9 Å². The Morgan fingerprint density at radius 3 is 2.68 bits per heavy atom. The smallest absolute Gasteiger partial charge is 0.333 e. The van der Waals surface area contributed by atoms with E-state index in [1.54, 1.807) is 30.3 Å². The van der Waals surface area contributed by atoms with Crippen molar-refractivity contribution < 1.29 is 39.5 Å². The SMILES string of the molecule is C#C[C@@]1(O)[C@@H](COC(Cc2ccccc2)C(=O)O)O[C@@H](n2cnc3c(NCC(=O)O)nc(Cl)nc32)[C@@H]1O. The Hall–Kier alpha value is -3.80. The number of aliphatic carboxylic acids is 2. The van der Waals surface area contributed by atoms with Gasteiger partial charge in [0, 0.05) is 6.42 Å². The number of anilines is 1. The van der Waals surface area contributed by atoms with Crippen molar-refractivity contribution in [1.29, 1.82) is 0 Å². The molecule has 3 aromatic rings. The molecular formula is C23H22ClN5O8. The quantitative estimate of drug-likeness (QED) is 0.178. The minimum Gasteiger partial charge on any atom is -0.480 e. The lowest BCUT2D eigenvalue weighted by atomic mass is 9.93. The number of aliphatic hydroxyl groups excluding tert-OH is 1. The summed E-state index contributed by atoms with van der Waals surface area (Å²) in [5.74, 6) is -0.223. The minimum absolute atomic E-state index is 0.0287. The topological polar surface area (TPSA) is 189 Å². The van der Waals surface area contributed by atoms with Gasteiger partial charge in [-0.2, -0.15) is 9.97 Å². The third-order valence-corrected chi connectivity index (χ3v) is 5.98. The number of aliphatic hydroxyl groups is 2. The molecule has 0 bridgehead atoms. The fourth-order valence-corrected chi connectivity index (χ4v) is 4.09. The van der Waals surface area contributed by atoms with Gasteiger partial charge in [0.15, 0.2) is 34.9 Å². The fraction of sp³-hybridized carbons (Fsp3) is 0.348. The van der Waals surface area contributed by atoms with Crippen molar-refractivity contribution in [3.8, 4) is 12.3 Å². The highest BCUT2D eigenvalue weighted by Gasteiger charge is 2.56. The van der Waals surface area contributed by atoms with Crippen molar-refractivity contribution in [2.24, 2.45) is 0 Å². The summed E-state index contributed by atoms with van der Waals surface area (Å²) >= 11 is 5.99. The molecule has 0 amide bonds. The van der Waals surface area contributed by atoms with E-state index in [2.05, 4.69) is 26.2 Å². The lowest BCUT2D eigenvalue weighted by Crippen LogP contribution is -2.48. The molecule has 4 rings (SSSR count). The van der Waals surface area contributed by atoms with Gasteiger partial charge in [-0.1, -0.05) is 36.3 Å². The first-order valence-corrected chi connectivity index (χ1v) is 11.3. The Morgan fingerprint density at radius 2 is 2.03 bits per heavy atom. The first-order chi connectivity index (χ1) is 17.6. The zero-order valence-corrected chi connectivity index (χ0v) is 19.8. The predicted octanol–water partition coefficient (Wildman–Crippen LogP) is 0.311. The molecule has 1 aliphatic rings. The van der Waals surface area contributed by atoms with E-state index in [1.165, 1.54) is 10.9 Å². The average molecular weight is 532 g/mol. The number of carboxylic acids is 2. The van der Waals surface area contributed by atoms with E-state index in [0.29, 0.717) is 0 Å². The summed E-state index contributed by atoms with van der Waals surface area (Å²) in [5.41, 5.74) is -1.34. The van der Waals surface area contributed by atoms with Gasteiger partial charge in [0.25, 0.3) is 0 Å². The molecule has 2 aromatic heterocycles. The number of carboxylic acid groups (broad SMARTS) is 2. The number of benzene rings is 1. The van der Waals surface area contributed by atoms with Crippen LogP contribution in [0.2, 0.25) is 5.28 Å². The zero-order valence-electron chi connectivity index (χ0n) is 19.1. The molecule has 1 saturated heterocycles. The van der Waals surface area contributed by atoms with E-state index in [1.807, 2.05) is 0 Å². The normalized spacial score (nSPS) is 24.0. The van der Waals surface area contributed by atoms with Crippen LogP contribution in [0.1, 0.15) is 11.8 Å². The van der Waals surface area contributed by atoms with Gasteiger partial charge in [0.05, 0.1) is 12.9 Å². The van der Waals surface area contributed by atoms with Crippen LogP contribution in [0.5, 0.6) is 0 Å². The van der Waals surface area contributed by atoms with E-state index in [4.69, 9.17) is 32.6 Å². The third kappa shape index (κ3) is 5.33. The van der Waals surface area contributed by atoms with Crippen LogP contribution in [-0.2, 0) is 25.5 Å². The van der Waals surface area contributed by atoms with Crippen molar-refractivity contribution in [3.05, 3.63) is 47.5 Å². The maximum absolute atomic E-state index is 11.8. The summed E-state index contributed by atoms with van der Waals surface area (Å²) < 4.78 is 12.6. The van der Waals surface area contributed by atoms with Crippen molar-refractivity contribution >= 4 is 40.5 Å². The standard InChI is InChI=1S/C23H22ClN5O8/c1-2-23(35)14(10-36-13(21(33)34)8-12-6-4-3-5-7-12)37-20(17(23)32)29-11-26-16-18(25-9-15(30)31)27-22(24)28-19(16)29/h1,3-7,11,13-14,17,20,32,35H,8-10H2,(H,30,31)(H,33,34)(H,25,27,28)/t13?,14-,17+,20-,23-/m1/s1. The second-order valence-electron chi connectivity index (χ2n) is 8.19. The van der Waals surface area contributed by atoms with Gasteiger partial charge in [-0.25, -0.2) is 9.78 Å². The summed E-state index contributed by atoms with van der Waals surface area (Å²) in [6.45, 7) is -0.923. The number of rotatable bonds is 10. The summed E-state index contributed by atoms with van der Waals surface area (Å²) in [4.78, 5) is 34.9. The van der Waals surface area contributed by atoms with Crippen molar-refractivity contribution in [2.75, 3.05) is 18.5 Å². The van der Waals surface area contributed by atoms with Crippen molar-refractivity contribution in [2.45, 2.75) is 36.6 Å². The lowest BCUT2D eigenvalue weighted by molar-refractivity contribution is -0.156. The van der Waals surface area contributed by atoms with Gasteiger partial charge in [0.1, 0.15) is 18.8 Å². The Balaban J connectivity index is 1.58. The molecule has 14 heteroatoms. The number of ether oxygens (including phenoxy) is 2. The molecule has 1 aromatic carbocycles. The highest BCUT2D eigenvalue weighted by atomic mass is 35.5. The number of hydrogen-bond donors (Lipinski definition) is 5. The van der Waals surface area contributed by atoms with Crippen LogP contribution in [0.15, 0.2) is 36.7 Å². The number of fused-ring (bicyclic) bond motifs is 1. The molecular weight excluding hydrogens is 510 g/mol. The zero-order chi connectivity index (χ0) is 26.7. The summed E-state index contributed by atoms with van der Waals surface area (Å²) in [7, 11) is 0. The van der Waals surface area contributed by atoms with Crippen molar-refractivity contribution in [1.82, 2.24) is 19.5 Å². The Morgan fingerprint density at radius 1 is 1.30 bits per heavy atom. The molecule has 3 heterocycles. The number of halogens is 1. The average Bonchev–Trinajstić information content (AvgIpc) is 3.39. The largest absolute Gasteiger partial charge is 0.480 e. The van der Waals surface area contributed by atoms with Gasteiger partial charge >= 0.3 is 11.9 Å². The molecule has 0 radical (unpaired) electrons. The summed E-state index contributed by atoms with van der Waals surface area (Å²) in [5, 5.41) is 42.8. The molecule has 5 N–H and O–H groups in total. The Labute approximate surface area is 214 Å². The number of nitrogens with one attached hydrogen (secondary N) is 1. The van der Waals surface area contributed by atoms with Crippen molar-refractivity contribution in [3.63, 3.8) is 0 Å². The Bertz CT molecular complexity index is 1350. The van der Waals surface area contributed by atoms with Gasteiger partial charge < -0.3 is 35.2 Å². The minimum atomic E-state index is -2.25. The number of aromatic nitrogens is 4. The van der Waals surface area contributed by atoms with Crippen LogP contribution >= 0.6 is 11.6 Å². The molecule has 0 aliphatic carbocycles. The number of hydrogen-bond acceptors (Lipinski definition) is 10. The molecule has 13 nitrogen and oxygen atoms in total. The van der Waals surface area contributed by atoms with Crippen LogP contribution < -0.4 is 5.32 Å². The summed E-state index contributed by atoms with van der Waals surface area (Å²) in [6, 6.07) is 8.82. The molecule has 37 heavy (non-hydrogen) atoms. The van der Waals surface area contributed by atoms with Crippen LogP contribution in [0, 0.1) is 12.3 Å². The number of imidazole rings is 1. The predicted molar refractivity (Wildman–Crippen MR) is 128 cm³/mol. The molecule has 1 fully saturated rings. The fourth-order valence-electron chi connectivity index (χ4n) is 3.92. The van der Waals surface area contributed by atoms with Gasteiger partial charge in [-0.15, -0.1) is 6.42 Å². The highest BCUT2D eigenvalue weighted by molar-refractivity contribution is 6.28. The number of carbonyl (C=O) groups is 2. The lowest BCUT2D eigenvalue weighted by Gasteiger charge is -2.26. The van der Waals surface area contributed by atoms with E-state index in [0.717, 1.165) is 5.56 Å². The second kappa shape index (κ2) is 10.7. The Kier molecular flexibility index (Phi) is 7.58. The molecule has 0 saturated carbocycles. The first kappa shape index (κ1) is 26.3. The van der Waals surface area contributed by atoms with E-state index < -0.39 is 55.2 Å². The van der Waals surface area contributed by atoms with E-state index in [-0.39, 0.29) is 28.7 Å². The van der Waals surface area contributed by atoms with Gasteiger partial charge in [0.2, 0.25) is 5.28 Å². The molecule has 194 valence electrons. The maximum Gasteiger partial charge on any atom is 0.333 e. The van der Waals surface area contributed by atoms with Gasteiger partial charge in [-0.3, -0.25) is 9.36 Å². The van der Waals surface area contributed by atoms with Crippen LogP contribution in [0.4, 0.5) is 5.82 Å². The first-order valence-electron chi connectivity index (χ1n) is 10.9. The van der Waals surface area contributed by atoms with E-state index >= 15 is 0 Å². The number of terminal acetylenes is 1. The molecule has 5 atom stereocenters. The number of nitrogens with zero attached hydrogens (tertiary/aromatic N) is 4. The monoisotopic (exact) mass is 531 g/mol. The maximum atomic E-state index is 11.8. The molecule has 1 aliphatic heterocycles. The van der Waals surface area contributed by atoms with Crippen LogP contribution in [-0.4, -0.2) is 88.9 Å². The van der Waals surface area contributed by atoms with Crippen LogP contribution in [0.3, 0.4) is 0 Å². The summed E-state index contributed by atoms with van der Waals surface area (Å²) in [6.07, 6.45) is 1.19. The molecule has 1 unspecified atom stereocenters. The highest BCUT2D eigenvalue weighted by Crippen LogP contribution is 2.39. The second-order valence-corrected chi connectivity index (χ2v) is 8.53. The molecule has 0 spiro atoms.